The van der Waals surface area contributed by atoms with Gasteiger partial charge in [0, 0.05) is 17.5 Å². The van der Waals surface area contributed by atoms with Crippen molar-refractivity contribution in [3.05, 3.63) is 22.4 Å². The van der Waals surface area contributed by atoms with E-state index in [1.54, 1.807) is 11.3 Å². The monoisotopic (exact) mass is 239 g/mol. The smallest absolute Gasteiger partial charge is 0.101 e. The van der Waals surface area contributed by atoms with E-state index in [9.17, 15) is 5.11 Å². The van der Waals surface area contributed by atoms with E-state index < -0.39 is 0 Å². The largest absolute Gasteiger partial charge is 0.386 e. The van der Waals surface area contributed by atoms with E-state index in [4.69, 9.17) is 0 Å². The minimum Gasteiger partial charge on any atom is -0.386 e. The number of aliphatic hydroxyl groups is 1. The Hall–Kier alpha value is -0.380. The maximum Gasteiger partial charge on any atom is 0.101 e. The Labute approximate surface area is 102 Å². The second-order valence-corrected chi connectivity index (χ2v) is 5.74. The van der Waals surface area contributed by atoms with Gasteiger partial charge < -0.3 is 10.0 Å². The van der Waals surface area contributed by atoms with E-state index in [0.717, 1.165) is 11.4 Å². The first-order valence-corrected chi connectivity index (χ1v) is 7.07. The van der Waals surface area contributed by atoms with Crippen LogP contribution in [-0.4, -0.2) is 29.6 Å². The van der Waals surface area contributed by atoms with Crippen molar-refractivity contribution < 1.29 is 5.11 Å². The van der Waals surface area contributed by atoms with Crippen LogP contribution >= 0.6 is 11.3 Å². The van der Waals surface area contributed by atoms with Gasteiger partial charge in [-0.1, -0.05) is 25.3 Å². The van der Waals surface area contributed by atoms with Gasteiger partial charge in [-0.15, -0.1) is 11.3 Å². The molecule has 1 atom stereocenters. The van der Waals surface area contributed by atoms with E-state index >= 15 is 0 Å². The molecule has 0 bridgehead atoms. The highest BCUT2D eigenvalue weighted by molar-refractivity contribution is 7.10. The quantitative estimate of drug-likeness (QED) is 0.873. The van der Waals surface area contributed by atoms with Crippen LogP contribution in [0.2, 0.25) is 0 Å². The van der Waals surface area contributed by atoms with E-state index in [0.29, 0.717) is 6.04 Å². The molecular formula is C13H21NOS. The first kappa shape index (κ1) is 12.1. The number of hydrogen-bond acceptors (Lipinski definition) is 3. The van der Waals surface area contributed by atoms with Crippen molar-refractivity contribution in [3.8, 4) is 0 Å². The van der Waals surface area contributed by atoms with Gasteiger partial charge in [0.15, 0.2) is 0 Å². The molecule has 1 fully saturated rings. The molecule has 90 valence electrons. The Kier molecular flexibility index (Phi) is 4.38. The molecule has 1 aromatic heterocycles. The Morgan fingerprint density at radius 2 is 2.19 bits per heavy atom. The zero-order valence-corrected chi connectivity index (χ0v) is 10.7. The van der Waals surface area contributed by atoms with Gasteiger partial charge in [-0.2, -0.15) is 0 Å². The van der Waals surface area contributed by atoms with Gasteiger partial charge in [-0.25, -0.2) is 0 Å². The Bertz CT molecular complexity index is 293. The summed E-state index contributed by atoms with van der Waals surface area (Å²) in [6, 6.07) is 4.71. The van der Waals surface area contributed by atoms with Crippen molar-refractivity contribution in [2.75, 3.05) is 13.6 Å². The minimum absolute atomic E-state index is 0.313. The van der Waals surface area contributed by atoms with Crippen molar-refractivity contribution in [2.24, 2.45) is 0 Å². The predicted molar refractivity (Wildman–Crippen MR) is 68.8 cm³/mol. The van der Waals surface area contributed by atoms with Crippen LogP contribution < -0.4 is 0 Å². The van der Waals surface area contributed by atoms with Gasteiger partial charge in [0.2, 0.25) is 0 Å². The summed E-state index contributed by atoms with van der Waals surface area (Å²) in [6.07, 6.45) is 6.37. The molecule has 1 heterocycles. The van der Waals surface area contributed by atoms with E-state index in [1.807, 2.05) is 17.5 Å². The Morgan fingerprint density at radius 1 is 1.44 bits per heavy atom. The summed E-state index contributed by atoms with van der Waals surface area (Å²) in [7, 11) is 2.15. The van der Waals surface area contributed by atoms with Crippen LogP contribution in [0.25, 0.3) is 0 Å². The van der Waals surface area contributed by atoms with Gasteiger partial charge in [-0.3, -0.25) is 0 Å². The normalized spacial score (nSPS) is 20.2. The molecule has 0 aliphatic heterocycles. The van der Waals surface area contributed by atoms with Crippen LogP contribution in [0.5, 0.6) is 0 Å². The Morgan fingerprint density at radius 3 is 2.81 bits per heavy atom. The number of rotatable bonds is 4. The number of hydrogen-bond donors (Lipinski definition) is 1. The number of aliphatic hydroxyl groups excluding tert-OH is 1. The summed E-state index contributed by atoms with van der Waals surface area (Å²) in [5.74, 6) is 0. The van der Waals surface area contributed by atoms with E-state index in [2.05, 4.69) is 11.9 Å². The van der Waals surface area contributed by atoms with Crippen molar-refractivity contribution in [2.45, 2.75) is 44.2 Å². The van der Waals surface area contributed by atoms with Gasteiger partial charge in [0.05, 0.1) is 0 Å². The highest BCUT2D eigenvalue weighted by Gasteiger charge is 2.20. The van der Waals surface area contributed by atoms with Crippen LogP contribution in [0.1, 0.15) is 43.1 Å². The maximum atomic E-state index is 10.1. The molecule has 2 nitrogen and oxygen atoms in total. The number of thiophene rings is 1. The van der Waals surface area contributed by atoms with Crippen molar-refractivity contribution in [1.82, 2.24) is 4.90 Å². The first-order chi connectivity index (χ1) is 7.77. The van der Waals surface area contributed by atoms with Gasteiger partial charge in [0.1, 0.15) is 6.10 Å². The van der Waals surface area contributed by atoms with E-state index in [1.165, 1.54) is 32.1 Å². The topological polar surface area (TPSA) is 23.5 Å². The molecule has 0 spiro atoms. The summed E-state index contributed by atoms with van der Waals surface area (Å²) < 4.78 is 0. The second-order valence-electron chi connectivity index (χ2n) is 4.76. The molecule has 0 aromatic carbocycles. The lowest BCUT2D eigenvalue weighted by molar-refractivity contribution is 0.0935. The molecule has 1 N–H and O–H groups in total. The zero-order chi connectivity index (χ0) is 11.4. The summed E-state index contributed by atoms with van der Waals surface area (Å²) in [4.78, 5) is 3.42. The molecule has 3 heteroatoms. The van der Waals surface area contributed by atoms with Crippen molar-refractivity contribution >= 4 is 11.3 Å². The fourth-order valence-corrected chi connectivity index (χ4v) is 3.22. The lowest BCUT2D eigenvalue weighted by Crippen LogP contribution is -2.36. The third-order valence-corrected chi connectivity index (χ3v) is 4.50. The summed E-state index contributed by atoms with van der Waals surface area (Å²) in [6.45, 7) is 0.769. The molecule has 1 aliphatic carbocycles. The molecule has 2 rings (SSSR count). The average Bonchev–Trinajstić information content (AvgIpc) is 2.83. The third kappa shape index (κ3) is 3.06. The Balaban J connectivity index is 1.84. The van der Waals surface area contributed by atoms with Crippen molar-refractivity contribution in [3.63, 3.8) is 0 Å². The lowest BCUT2D eigenvalue weighted by atomic mass is 9.94. The average molecular weight is 239 g/mol. The van der Waals surface area contributed by atoms with Crippen LogP contribution in [-0.2, 0) is 0 Å². The van der Waals surface area contributed by atoms with Gasteiger partial charge in [-0.05, 0) is 31.3 Å². The molecule has 0 radical (unpaired) electrons. The summed E-state index contributed by atoms with van der Waals surface area (Å²) in [5.41, 5.74) is 0. The van der Waals surface area contributed by atoms with Crippen LogP contribution in [0.4, 0.5) is 0 Å². The molecule has 16 heavy (non-hydrogen) atoms. The first-order valence-electron chi connectivity index (χ1n) is 6.19. The number of likely N-dealkylation sites (N-methyl/N-ethyl adjacent to an activating group) is 1. The molecular weight excluding hydrogens is 218 g/mol. The number of nitrogens with zero attached hydrogens (tertiary/aromatic N) is 1. The fourth-order valence-electron chi connectivity index (χ4n) is 2.51. The van der Waals surface area contributed by atoms with Gasteiger partial charge in [0.25, 0.3) is 0 Å². The standard InChI is InChI=1S/C13H21NOS/c1-14(11-6-3-2-4-7-11)10-12(15)13-8-5-9-16-13/h5,8-9,11-12,15H,2-4,6-7,10H2,1H3. The van der Waals surface area contributed by atoms with Crippen LogP contribution in [0, 0.1) is 0 Å². The lowest BCUT2D eigenvalue weighted by Gasteiger charge is -2.32. The SMILES string of the molecule is CN(CC(O)c1cccs1)C1CCCCC1. The molecule has 0 saturated heterocycles. The summed E-state index contributed by atoms with van der Waals surface area (Å²) >= 11 is 1.64. The maximum absolute atomic E-state index is 10.1. The highest BCUT2D eigenvalue weighted by Crippen LogP contribution is 2.25. The molecule has 0 amide bonds. The molecule has 1 saturated carbocycles. The zero-order valence-electron chi connectivity index (χ0n) is 9.93. The van der Waals surface area contributed by atoms with Gasteiger partial charge >= 0.3 is 0 Å². The molecule has 1 aromatic rings. The predicted octanol–water partition coefficient (Wildman–Crippen LogP) is 3.05. The summed E-state index contributed by atoms with van der Waals surface area (Å²) in [5, 5.41) is 12.1. The highest BCUT2D eigenvalue weighted by atomic mass is 32.1. The van der Waals surface area contributed by atoms with Crippen molar-refractivity contribution in [1.29, 1.82) is 0 Å². The second kappa shape index (κ2) is 5.80. The van der Waals surface area contributed by atoms with E-state index in [-0.39, 0.29) is 6.10 Å². The van der Waals surface area contributed by atoms with Crippen LogP contribution in [0.15, 0.2) is 17.5 Å². The molecule has 1 unspecified atom stereocenters. The fraction of sp³-hybridized carbons (Fsp3) is 0.692. The molecule has 1 aliphatic rings. The third-order valence-electron chi connectivity index (χ3n) is 3.53. The minimum atomic E-state index is -0.313. The van der Waals surface area contributed by atoms with Crippen LogP contribution in [0.3, 0.4) is 0 Å².